The maximum Gasteiger partial charge on any atom is 0.193 e. The number of aliphatic hydroxyl groups is 1. The van der Waals surface area contributed by atoms with Gasteiger partial charge in [-0.05, 0) is 23.8 Å². The number of guanidine groups is 1. The van der Waals surface area contributed by atoms with E-state index < -0.39 is 6.10 Å². The minimum absolute atomic E-state index is 0. The Hall–Kier alpha value is -1.51. The van der Waals surface area contributed by atoms with Crippen molar-refractivity contribution in [1.82, 2.24) is 0 Å². The molecular formula is C17H21ClIN3O2. The van der Waals surface area contributed by atoms with Crippen molar-refractivity contribution in [3.8, 4) is 5.75 Å². The summed E-state index contributed by atoms with van der Waals surface area (Å²) in [6, 6.07) is 15.0. The Balaban J connectivity index is 0.00000288. The number of hydrogen-bond acceptors (Lipinski definition) is 3. The second-order valence-corrected chi connectivity index (χ2v) is 5.45. The van der Waals surface area contributed by atoms with Gasteiger partial charge in [-0.1, -0.05) is 41.9 Å². The van der Waals surface area contributed by atoms with Gasteiger partial charge in [0.15, 0.2) is 5.96 Å². The van der Waals surface area contributed by atoms with Gasteiger partial charge in [0, 0.05) is 12.1 Å². The Labute approximate surface area is 163 Å². The zero-order valence-electron chi connectivity index (χ0n) is 13.3. The normalized spacial score (nSPS) is 12.2. The lowest BCUT2D eigenvalue weighted by Gasteiger charge is -2.10. The molecule has 2 aromatic rings. The fourth-order valence-corrected chi connectivity index (χ4v) is 2.34. The van der Waals surface area contributed by atoms with Crippen LogP contribution in [0.1, 0.15) is 5.56 Å². The number of ether oxygens (including phenoxy) is 1. The molecule has 0 saturated carbocycles. The van der Waals surface area contributed by atoms with Gasteiger partial charge in [-0.15, -0.1) is 24.0 Å². The van der Waals surface area contributed by atoms with Gasteiger partial charge in [-0.25, -0.2) is 0 Å². The molecule has 24 heavy (non-hydrogen) atoms. The molecule has 2 rings (SSSR count). The topological polar surface area (TPSA) is 79.9 Å². The number of aliphatic hydroxyl groups excluding tert-OH is 1. The molecule has 130 valence electrons. The molecule has 0 radical (unpaired) electrons. The van der Waals surface area contributed by atoms with Crippen molar-refractivity contribution in [2.75, 3.05) is 19.0 Å². The van der Waals surface area contributed by atoms with E-state index >= 15 is 0 Å². The molecule has 5 nitrogen and oxygen atoms in total. The lowest BCUT2D eigenvalue weighted by Crippen LogP contribution is -2.25. The number of hydrogen-bond donors (Lipinski definition) is 3. The van der Waals surface area contributed by atoms with E-state index in [1.54, 1.807) is 25.3 Å². The zero-order valence-corrected chi connectivity index (χ0v) is 16.4. The summed E-state index contributed by atoms with van der Waals surface area (Å²) in [7, 11) is 1.55. The van der Waals surface area contributed by atoms with Gasteiger partial charge in [0.1, 0.15) is 5.75 Å². The summed E-state index contributed by atoms with van der Waals surface area (Å²) in [5.74, 6) is 0.810. The largest absolute Gasteiger partial charge is 0.495 e. The second kappa shape index (κ2) is 10.4. The number of nitrogens with one attached hydrogen (secondary N) is 1. The van der Waals surface area contributed by atoms with E-state index in [2.05, 4.69) is 10.3 Å². The molecule has 0 fully saturated rings. The SMILES string of the molecule is COc1ccc(NC(N)=NCC(O)Cc2ccccc2)cc1Cl.I. The molecule has 4 N–H and O–H groups in total. The highest BCUT2D eigenvalue weighted by Crippen LogP contribution is 2.26. The van der Waals surface area contributed by atoms with Crippen molar-refractivity contribution in [2.45, 2.75) is 12.5 Å². The molecule has 0 saturated heterocycles. The Morgan fingerprint density at radius 2 is 2.00 bits per heavy atom. The first-order chi connectivity index (χ1) is 11.1. The highest BCUT2D eigenvalue weighted by Gasteiger charge is 2.06. The molecule has 2 aromatic carbocycles. The molecule has 0 heterocycles. The Kier molecular flexibility index (Phi) is 8.88. The van der Waals surface area contributed by atoms with Crippen LogP contribution in [0.4, 0.5) is 5.69 Å². The number of halogens is 2. The fraction of sp³-hybridized carbons (Fsp3) is 0.235. The summed E-state index contributed by atoms with van der Waals surface area (Å²) in [4.78, 5) is 4.15. The van der Waals surface area contributed by atoms with Crippen LogP contribution in [-0.4, -0.2) is 30.8 Å². The molecule has 1 unspecified atom stereocenters. The summed E-state index contributed by atoms with van der Waals surface area (Å²) >= 11 is 6.05. The van der Waals surface area contributed by atoms with Gasteiger partial charge in [0.05, 0.1) is 24.8 Å². The highest BCUT2D eigenvalue weighted by molar-refractivity contribution is 14.0. The van der Waals surface area contributed by atoms with E-state index in [0.29, 0.717) is 22.9 Å². The average molecular weight is 462 g/mol. The molecular weight excluding hydrogens is 441 g/mol. The van der Waals surface area contributed by atoms with Gasteiger partial charge in [0.25, 0.3) is 0 Å². The van der Waals surface area contributed by atoms with Crippen LogP contribution in [-0.2, 0) is 6.42 Å². The molecule has 0 aliphatic heterocycles. The van der Waals surface area contributed by atoms with Crippen LogP contribution in [0.15, 0.2) is 53.5 Å². The van der Waals surface area contributed by atoms with E-state index in [9.17, 15) is 5.11 Å². The van der Waals surface area contributed by atoms with Gasteiger partial charge < -0.3 is 20.9 Å². The van der Waals surface area contributed by atoms with Crippen LogP contribution < -0.4 is 15.8 Å². The zero-order chi connectivity index (χ0) is 16.7. The van der Waals surface area contributed by atoms with Crippen LogP contribution in [0, 0.1) is 0 Å². The van der Waals surface area contributed by atoms with Gasteiger partial charge >= 0.3 is 0 Å². The van der Waals surface area contributed by atoms with Crippen LogP contribution in [0.3, 0.4) is 0 Å². The van der Waals surface area contributed by atoms with E-state index in [1.807, 2.05) is 30.3 Å². The number of rotatable bonds is 6. The standard InChI is InChI=1S/C17H20ClN3O2.HI/c1-23-16-8-7-13(10-15(16)18)21-17(19)20-11-14(22)9-12-5-3-2-4-6-12;/h2-8,10,14,22H,9,11H2,1H3,(H3,19,20,21);1H. The summed E-state index contributed by atoms with van der Waals surface area (Å²) in [6.45, 7) is 0.220. The predicted molar refractivity (Wildman–Crippen MR) is 110 cm³/mol. The minimum atomic E-state index is -0.586. The molecule has 0 aliphatic rings. The summed E-state index contributed by atoms with van der Waals surface area (Å²) in [6.07, 6.45) is -0.0522. The van der Waals surface area contributed by atoms with Crippen LogP contribution in [0.2, 0.25) is 5.02 Å². The lowest BCUT2D eigenvalue weighted by molar-refractivity contribution is 0.184. The van der Waals surface area contributed by atoms with Crippen molar-refractivity contribution in [3.63, 3.8) is 0 Å². The highest BCUT2D eigenvalue weighted by atomic mass is 127. The Bertz CT molecular complexity index is 668. The monoisotopic (exact) mass is 461 g/mol. The van der Waals surface area contributed by atoms with Crippen molar-refractivity contribution in [1.29, 1.82) is 0 Å². The van der Waals surface area contributed by atoms with Gasteiger partial charge in [-0.2, -0.15) is 0 Å². The van der Waals surface area contributed by atoms with E-state index in [0.717, 1.165) is 5.56 Å². The summed E-state index contributed by atoms with van der Waals surface area (Å²) in [5.41, 5.74) is 7.58. The van der Waals surface area contributed by atoms with Crippen LogP contribution in [0.5, 0.6) is 5.75 Å². The first-order valence-corrected chi connectivity index (χ1v) is 7.58. The maximum atomic E-state index is 10.0. The third-order valence-corrected chi connectivity index (χ3v) is 3.51. The number of nitrogens with zero attached hydrogens (tertiary/aromatic N) is 1. The predicted octanol–water partition coefficient (Wildman–Crippen LogP) is 3.30. The van der Waals surface area contributed by atoms with Crippen LogP contribution in [0.25, 0.3) is 0 Å². The molecule has 0 aromatic heterocycles. The summed E-state index contributed by atoms with van der Waals surface area (Å²) in [5, 5.41) is 13.4. The number of methoxy groups -OCH3 is 1. The fourth-order valence-electron chi connectivity index (χ4n) is 2.09. The minimum Gasteiger partial charge on any atom is -0.495 e. The summed E-state index contributed by atoms with van der Waals surface area (Å²) < 4.78 is 5.09. The lowest BCUT2D eigenvalue weighted by atomic mass is 10.1. The van der Waals surface area contributed by atoms with E-state index in [4.69, 9.17) is 22.1 Å². The Morgan fingerprint density at radius 1 is 1.29 bits per heavy atom. The van der Waals surface area contributed by atoms with Crippen molar-refractivity contribution < 1.29 is 9.84 Å². The molecule has 1 atom stereocenters. The quantitative estimate of drug-likeness (QED) is 0.350. The van der Waals surface area contributed by atoms with Crippen molar-refractivity contribution >= 4 is 47.2 Å². The van der Waals surface area contributed by atoms with E-state index in [-0.39, 0.29) is 36.5 Å². The van der Waals surface area contributed by atoms with Gasteiger partial charge in [-0.3, -0.25) is 4.99 Å². The number of aliphatic imine (C=N–C) groups is 1. The average Bonchev–Trinajstić information content (AvgIpc) is 2.54. The van der Waals surface area contributed by atoms with Crippen molar-refractivity contribution in [2.24, 2.45) is 10.7 Å². The molecule has 0 amide bonds. The van der Waals surface area contributed by atoms with Crippen LogP contribution >= 0.6 is 35.6 Å². The molecule has 7 heteroatoms. The third kappa shape index (κ3) is 6.54. The Morgan fingerprint density at radius 3 is 2.62 bits per heavy atom. The number of nitrogens with two attached hydrogens (primary N) is 1. The maximum absolute atomic E-state index is 10.0. The first kappa shape index (κ1) is 20.5. The molecule has 0 bridgehead atoms. The first-order valence-electron chi connectivity index (χ1n) is 7.21. The molecule has 0 aliphatic carbocycles. The third-order valence-electron chi connectivity index (χ3n) is 3.21. The van der Waals surface area contributed by atoms with Crippen molar-refractivity contribution in [3.05, 3.63) is 59.1 Å². The van der Waals surface area contributed by atoms with Gasteiger partial charge in [0.2, 0.25) is 0 Å². The molecule has 0 spiro atoms. The second-order valence-electron chi connectivity index (χ2n) is 5.04. The number of anilines is 1. The smallest absolute Gasteiger partial charge is 0.193 e. The van der Waals surface area contributed by atoms with E-state index in [1.165, 1.54) is 0 Å². The number of benzene rings is 2.